The molecular formula is C11H9ClFN3. The van der Waals surface area contributed by atoms with Gasteiger partial charge in [0.15, 0.2) is 5.15 Å². The Hall–Kier alpha value is -1.81. The molecule has 1 aromatic heterocycles. The van der Waals surface area contributed by atoms with Gasteiger partial charge in [0.2, 0.25) is 0 Å². The molecule has 5 heteroatoms. The topological polar surface area (TPSA) is 64.9 Å². The van der Waals surface area contributed by atoms with Gasteiger partial charge in [-0.3, -0.25) is 0 Å². The van der Waals surface area contributed by atoms with E-state index in [9.17, 15) is 4.39 Å². The summed E-state index contributed by atoms with van der Waals surface area (Å²) in [5, 5.41) is 0.188. The summed E-state index contributed by atoms with van der Waals surface area (Å²) in [6, 6.07) is 7.37. The van der Waals surface area contributed by atoms with Gasteiger partial charge in [0, 0.05) is 5.56 Å². The third-order valence-electron chi connectivity index (χ3n) is 2.15. The number of aromatic nitrogens is 1. The van der Waals surface area contributed by atoms with Crippen LogP contribution in [0.5, 0.6) is 0 Å². The fourth-order valence-corrected chi connectivity index (χ4v) is 1.50. The fourth-order valence-electron chi connectivity index (χ4n) is 1.36. The second-order valence-electron chi connectivity index (χ2n) is 3.31. The van der Waals surface area contributed by atoms with Crippen LogP contribution in [0.15, 0.2) is 30.3 Å². The Balaban J connectivity index is 2.56. The van der Waals surface area contributed by atoms with Gasteiger partial charge >= 0.3 is 0 Å². The van der Waals surface area contributed by atoms with Gasteiger partial charge in [0.1, 0.15) is 5.82 Å². The highest BCUT2D eigenvalue weighted by atomic mass is 35.5. The number of pyridine rings is 1. The molecule has 4 N–H and O–H groups in total. The third-order valence-corrected chi connectivity index (χ3v) is 2.45. The monoisotopic (exact) mass is 237 g/mol. The molecule has 0 amide bonds. The molecule has 0 aliphatic rings. The lowest BCUT2D eigenvalue weighted by atomic mass is 10.1. The quantitative estimate of drug-likeness (QED) is 0.750. The van der Waals surface area contributed by atoms with E-state index in [0.29, 0.717) is 22.6 Å². The van der Waals surface area contributed by atoms with Crippen LogP contribution in [0.1, 0.15) is 0 Å². The zero-order valence-electron chi connectivity index (χ0n) is 8.24. The van der Waals surface area contributed by atoms with Crippen molar-refractivity contribution < 1.29 is 4.39 Å². The number of nitrogens with two attached hydrogens (primary N) is 2. The van der Waals surface area contributed by atoms with Crippen LogP contribution in [0.25, 0.3) is 11.3 Å². The first-order valence-corrected chi connectivity index (χ1v) is 4.93. The SMILES string of the molecule is Nc1cc(N)c(-c2ccc(F)cc2)nc1Cl. The van der Waals surface area contributed by atoms with Crippen LogP contribution < -0.4 is 11.5 Å². The lowest BCUT2D eigenvalue weighted by Gasteiger charge is -2.07. The van der Waals surface area contributed by atoms with Crippen molar-refractivity contribution in [1.29, 1.82) is 0 Å². The zero-order valence-corrected chi connectivity index (χ0v) is 9.00. The number of hydrogen-bond donors (Lipinski definition) is 2. The van der Waals surface area contributed by atoms with E-state index < -0.39 is 0 Å². The normalized spacial score (nSPS) is 10.4. The first-order chi connectivity index (χ1) is 7.58. The summed E-state index contributed by atoms with van der Waals surface area (Å²) in [7, 11) is 0. The second-order valence-corrected chi connectivity index (χ2v) is 3.67. The molecule has 0 bridgehead atoms. The van der Waals surface area contributed by atoms with Crippen molar-refractivity contribution in [2.45, 2.75) is 0 Å². The van der Waals surface area contributed by atoms with E-state index in [-0.39, 0.29) is 11.0 Å². The van der Waals surface area contributed by atoms with E-state index in [4.69, 9.17) is 23.1 Å². The molecule has 0 saturated carbocycles. The van der Waals surface area contributed by atoms with E-state index >= 15 is 0 Å². The highest BCUT2D eigenvalue weighted by molar-refractivity contribution is 6.32. The predicted octanol–water partition coefficient (Wildman–Crippen LogP) is 2.71. The summed E-state index contributed by atoms with van der Waals surface area (Å²) in [4.78, 5) is 4.07. The van der Waals surface area contributed by atoms with Gasteiger partial charge in [-0.05, 0) is 30.3 Å². The summed E-state index contributed by atoms with van der Waals surface area (Å²) < 4.78 is 12.7. The van der Waals surface area contributed by atoms with Crippen LogP contribution in [0.2, 0.25) is 5.15 Å². The van der Waals surface area contributed by atoms with Crippen LogP contribution in [0, 0.1) is 5.82 Å². The molecule has 0 aliphatic heterocycles. The standard InChI is InChI=1S/C11H9ClFN3/c12-11-9(15)5-8(14)10(16-11)6-1-3-7(13)4-2-6/h1-5H,14-15H2. The molecule has 0 spiro atoms. The Labute approximate surface area is 96.9 Å². The molecule has 0 atom stereocenters. The molecule has 16 heavy (non-hydrogen) atoms. The van der Waals surface area contributed by atoms with Crippen LogP contribution >= 0.6 is 11.6 Å². The van der Waals surface area contributed by atoms with Gasteiger partial charge in [0.05, 0.1) is 17.1 Å². The highest BCUT2D eigenvalue weighted by Gasteiger charge is 2.08. The van der Waals surface area contributed by atoms with E-state index in [1.54, 1.807) is 12.1 Å². The largest absolute Gasteiger partial charge is 0.397 e. The van der Waals surface area contributed by atoms with Crippen LogP contribution in [0.4, 0.5) is 15.8 Å². The Kier molecular flexibility index (Phi) is 2.66. The smallest absolute Gasteiger partial charge is 0.152 e. The maximum atomic E-state index is 12.7. The number of anilines is 2. The van der Waals surface area contributed by atoms with Crippen molar-refractivity contribution in [2.24, 2.45) is 0 Å². The third kappa shape index (κ3) is 1.92. The first-order valence-electron chi connectivity index (χ1n) is 4.55. The van der Waals surface area contributed by atoms with E-state index in [1.807, 2.05) is 0 Å². The van der Waals surface area contributed by atoms with Crippen molar-refractivity contribution >= 4 is 23.0 Å². The van der Waals surface area contributed by atoms with Crippen molar-refractivity contribution in [1.82, 2.24) is 4.98 Å². The number of nitrogens with zero attached hydrogens (tertiary/aromatic N) is 1. The van der Waals surface area contributed by atoms with E-state index in [2.05, 4.69) is 4.98 Å². The second kappa shape index (κ2) is 3.98. The van der Waals surface area contributed by atoms with Crippen molar-refractivity contribution in [3.63, 3.8) is 0 Å². The van der Waals surface area contributed by atoms with Gasteiger partial charge in [-0.25, -0.2) is 9.37 Å². The molecule has 0 saturated heterocycles. The Morgan fingerprint density at radius 3 is 2.31 bits per heavy atom. The lowest BCUT2D eigenvalue weighted by molar-refractivity contribution is 0.628. The maximum absolute atomic E-state index is 12.7. The molecule has 3 nitrogen and oxygen atoms in total. The summed E-state index contributed by atoms with van der Waals surface area (Å²) >= 11 is 5.80. The summed E-state index contributed by atoms with van der Waals surface area (Å²) in [6.07, 6.45) is 0. The Morgan fingerprint density at radius 2 is 1.69 bits per heavy atom. The molecule has 0 unspecified atom stereocenters. The fraction of sp³-hybridized carbons (Fsp3) is 0. The van der Waals surface area contributed by atoms with Crippen molar-refractivity contribution in [3.8, 4) is 11.3 Å². The number of benzene rings is 1. The molecule has 0 fully saturated rings. The summed E-state index contributed by atoms with van der Waals surface area (Å²) in [6.45, 7) is 0. The van der Waals surface area contributed by atoms with E-state index in [0.717, 1.165) is 0 Å². The zero-order chi connectivity index (χ0) is 11.7. The maximum Gasteiger partial charge on any atom is 0.152 e. The van der Waals surface area contributed by atoms with Crippen molar-refractivity contribution in [3.05, 3.63) is 41.3 Å². The van der Waals surface area contributed by atoms with Gasteiger partial charge in [-0.1, -0.05) is 11.6 Å². The van der Waals surface area contributed by atoms with Gasteiger partial charge in [-0.15, -0.1) is 0 Å². The Bertz CT molecular complexity index is 525. The molecule has 1 heterocycles. The lowest BCUT2D eigenvalue weighted by Crippen LogP contribution is -1.98. The summed E-state index contributed by atoms with van der Waals surface area (Å²) in [5.74, 6) is -0.316. The number of hydrogen-bond acceptors (Lipinski definition) is 3. The molecular weight excluding hydrogens is 229 g/mol. The molecule has 2 aromatic rings. The molecule has 82 valence electrons. The van der Waals surface area contributed by atoms with Crippen LogP contribution in [-0.4, -0.2) is 4.98 Å². The summed E-state index contributed by atoms with van der Waals surface area (Å²) in [5.41, 5.74) is 13.3. The Morgan fingerprint density at radius 1 is 1.06 bits per heavy atom. The predicted molar refractivity (Wildman–Crippen MR) is 63.5 cm³/mol. The van der Waals surface area contributed by atoms with Gasteiger partial charge in [0.25, 0.3) is 0 Å². The molecule has 0 aliphatic carbocycles. The minimum atomic E-state index is -0.316. The average Bonchev–Trinajstić information content (AvgIpc) is 2.25. The highest BCUT2D eigenvalue weighted by Crippen LogP contribution is 2.29. The van der Waals surface area contributed by atoms with Crippen LogP contribution in [-0.2, 0) is 0 Å². The van der Waals surface area contributed by atoms with Crippen LogP contribution in [0.3, 0.4) is 0 Å². The number of nitrogen functional groups attached to an aromatic ring is 2. The molecule has 0 radical (unpaired) electrons. The number of halogens is 2. The van der Waals surface area contributed by atoms with Crippen molar-refractivity contribution in [2.75, 3.05) is 11.5 Å². The number of rotatable bonds is 1. The van der Waals surface area contributed by atoms with Gasteiger partial charge in [-0.2, -0.15) is 0 Å². The molecule has 2 rings (SSSR count). The van der Waals surface area contributed by atoms with Gasteiger partial charge < -0.3 is 11.5 Å². The first kappa shape index (κ1) is 10.7. The average molecular weight is 238 g/mol. The molecule has 1 aromatic carbocycles. The minimum Gasteiger partial charge on any atom is -0.397 e. The van der Waals surface area contributed by atoms with E-state index in [1.165, 1.54) is 18.2 Å². The minimum absolute atomic E-state index is 0.188.